The molecular weight excluding hydrogens is 444 g/mol. The van der Waals surface area contributed by atoms with Crippen molar-refractivity contribution in [3.05, 3.63) is 59.4 Å². The van der Waals surface area contributed by atoms with Crippen LogP contribution in [-0.4, -0.2) is 63.3 Å². The molecule has 1 aromatic carbocycles. The Bertz CT molecular complexity index is 1220. The van der Waals surface area contributed by atoms with Crippen molar-refractivity contribution in [2.24, 2.45) is 5.92 Å². The first-order valence-electron chi connectivity index (χ1n) is 12.6. The van der Waals surface area contributed by atoms with Gasteiger partial charge in [0, 0.05) is 55.5 Å². The molecule has 3 amide bonds. The van der Waals surface area contributed by atoms with E-state index in [9.17, 15) is 14.4 Å². The maximum atomic E-state index is 13.2. The molecule has 2 bridgehead atoms. The van der Waals surface area contributed by atoms with Gasteiger partial charge in [0.05, 0.1) is 0 Å². The average molecular weight is 473 g/mol. The summed E-state index contributed by atoms with van der Waals surface area (Å²) in [5.74, 6) is 0.508. The molecule has 1 aromatic heterocycles. The molecule has 180 valence electrons. The van der Waals surface area contributed by atoms with Crippen molar-refractivity contribution < 1.29 is 19.1 Å². The van der Waals surface area contributed by atoms with Gasteiger partial charge >= 0.3 is 0 Å². The molecule has 2 saturated carbocycles. The van der Waals surface area contributed by atoms with Crippen LogP contribution < -0.4 is 10.1 Å². The van der Waals surface area contributed by atoms with E-state index in [1.165, 1.54) is 5.56 Å². The van der Waals surface area contributed by atoms with E-state index in [2.05, 4.69) is 27.3 Å². The molecule has 4 aliphatic heterocycles. The number of amides is 3. The van der Waals surface area contributed by atoms with Crippen LogP contribution in [0.2, 0.25) is 0 Å². The van der Waals surface area contributed by atoms with Crippen molar-refractivity contribution in [2.45, 2.75) is 62.3 Å². The largest absolute Gasteiger partial charge is 0.489 e. The molecule has 0 spiro atoms. The molecule has 6 aliphatic rings. The van der Waals surface area contributed by atoms with Gasteiger partial charge in [-0.2, -0.15) is 0 Å². The van der Waals surface area contributed by atoms with Gasteiger partial charge in [0.25, 0.3) is 11.8 Å². The fourth-order valence-corrected chi connectivity index (χ4v) is 6.78. The van der Waals surface area contributed by atoms with Crippen LogP contribution in [0, 0.1) is 5.92 Å². The van der Waals surface area contributed by atoms with Crippen LogP contribution in [0.1, 0.15) is 59.5 Å². The number of aromatic nitrogens is 1. The molecule has 2 atom stereocenters. The molecule has 3 saturated heterocycles. The quantitative estimate of drug-likeness (QED) is 0.671. The molecule has 5 fully saturated rings. The predicted octanol–water partition coefficient (Wildman–Crippen LogP) is 2.24. The van der Waals surface area contributed by atoms with Gasteiger partial charge in [0.2, 0.25) is 5.91 Å². The second-order valence-corrected chi connectivity index (χ2v) is 10.8. The third-order valence-corrected chi connectivity index (χ3v) is 8.86. The van der Waals surface area contributed by atoms with Gasteiger partial charge in [-0.3, -0.25) is 29.6 Å². The Labute approximate surface area is 203 Å². The second kappa shape index (κ2) is 7.62. The number of nitrogens with zero attached hydrogens (tertiary/aromatic N) is 3. The summed E-state index contributed by atoms with van der Waals surface area (Å²) in [7, 11) is 0. The number of ether oxygens (including phenoxy) is 1. The van der Waals surface area contributed by atoms with Crippen LogP contribution in [-0.2, 0) is 16.1 Å². The number of likely N-dealkylation sites (tertiary alicyclic amines) is 1. The van der Waals surface area contributed by atoms with E-state index in [4.69, 9.17) is 4.74 Å². The zero-order valence-corrected chi connectivity index (χ0v) is 19.5. The van der Waals surface area contributed by atoms with E-state index in [0.717, 1.165) is 43.7 Å². The number of carbonyl (C=O) groups excluding carboxylic acids is 3. The summed E-state index contributed by atoms with van der Waals surface area (Å²) in [5, 5.41) is 2.44. The average Bonchev–Trinajstić information content (AvgIpc) is 3.37. The highest BCUT2D eigenvalue weighted by molar-refractivity contribution is 6.10. The van der Waals surface area contributed by atoms with Crippen molar-refractivity contribution in [1.82, 2.24) is 20.1 Å². The number of hydrogen-bond acceptors (Lipinski definition) is 6. The van der Waals surface area contributed by atoms with Crippen molar-refractivity contribution in [3.8, 4) is 5.75 Å². The smallest absolute Gasteiger partial charge is 0.255 e. The monoisotopic (exact) mass is 472 g/mol. The number of benzene rings is 1. The maximum absolute atomic E-state index is 13.2. The highest BCUT2D eigenvalue weighted by atomic mass is 16.5. The normalized spacial score (nSPS) is 32.2. The van der Waals surface area contributed by atoms with E-state index in [0.29, 0.717) is 36.9 Å². The standard InChI is InChI=1S/C27H28N4O4/c32-24-18-11-27(12-18,26(34)29-24)31-15-17-10-20(4-5-21(17)25(31)33)35-23-3-1-2-22(23)30-13-19(14-30)16-6-8-28-9-7-16/h4-10,18-19,22-23H,1-3,11-15H2,(H,29,32,34)/t18?,22-,23-,27?/m0/s1. The lowest BCUT2D eigenvalue weighted by atomic mass is 9.63. The van der Waals surface area contributed by atoms with Crippen molar-refractivity contribution >= 4 is 17.7 Å². The second-order valence-electron chi connectivity index (χ2n) is 10.8. The van der Waals surface area contributed by atoms with E-state index >= 15 is 0 Å². The third-order valence-electron chi connectivity index (χ3n) is 8.86. The number of carbonyl (C=O) groups is 3. The lowest BCUT2D eigenvalue weighted by Crippen LogP contribution is -2.73. The van der Waals surface area contributed by atoms with Crippen LogP contribution in [0.3, 0.4) is 0 Å². The Kier molecular flexibility index (Phi) is 4.58. The number of nitrogens with one attached hydrogen (secondary N) is 1. The number of fused-ring (bicyclic) bond motifs is 3. The van der Waals surface area contributed by atoms with Gasteiger partial charge in [-0.25, -0.2) is 0 Å². The van der Waals surface area contributed by atoms with Crippen LogP contribution in [0.4, 0.5) is 0 Å². The van der Waals surface area contributed by atoms with Gasteiger partial charge < -0.3 is 9.64 Å². The van der Waals surface area contributed by atoms with Crippen molar-refractivity contribution in [1.29, 1.82) is 0 Å². The summed E-state index contributed by atoms with van der Waals surface area (Å²) in [6, 6.07) is 10.3. The molecule has 2 aliphatic carbocycles. The van der Waals surface area contributed by atoms with E-state index in [1.54, 1.807) is 4.90 Å². The Hall–Kier alpha value is -3.26. The van der Waals surface area contributed by atoms with Gasteiger partial charge in [-0.15, -0.1) is 0 Å². The molecule has 0 radical (unpaired) electrons. The molecular formula is C27H28N4O4. The lowest BCUT2D eigenvalue weighted by molar-refractivity contribution is -0.160. The number of imide groups is 1. The molecule has 2 aromatic rings. The molecule has 8 nitrogen and oxygen atoms in total. The maximum Gasteiger partial charge on any atom is 0.255 e. The molecule has 8 rings (SSSR count). The van der Waals surface area contributed by atoms with Gasteiger partial charge in [0.1, 0.15) is 17.4 Å². The Balaban J connectivity index is 1.03. The zero-order chi connectivity index (χ0) is 23.7. The van der Waals surface area contributed by atoms with Gasteiger partial charge in [-0.05, 0) is 73.6 Å². The third kappa shape index (κ3) is 3.15. The first kappa shape index (κ1) is 21.1. The van der Waals surface area contributed by atoms with Crippen molar-refractivity contribution in [3.63, 3.8) is 0 Å². The summed E-state index contributed by atoms with van der Waals surface area (Å²) < 4.78 is 6.49. The zero-order valence-electron chi connectivity index (χ0n) is 19.5. The highest BCUT2D eigenvalue weighted by Crippen LogP contribution is 2.49. The minimum absolute atomic E-state index is 0.129. The summed E-state index contributed by atoms with van der Waals surface area (Å²) in [4.78, 5) is 46.0. The Morgan fingerprint density at radius 1 is 1.00 bits per heavy atom. The van der Waals surface area contributed by atoms with Crippen LogP contribution in [0.5, 0.6) is 5.75 Å². The number of piperidine rings is 2. The number of pyridine rings is 1. The van der Waals surface area contributed by atoms with Gasteiger partial charge in [-0.1, -0.05) is 0 Å². The molecule has 1 N–H and O–H groups in total. The van der Waals surface area contributed by atoms with Crippen molar-refractivity contribution in [2.75, 3.05) is 13.1 Å². The van der Waals surface area contributed by atoms with E-state index < -0.39 is 5.54 Å². The molecule has 5 heterocycles. The summed E-state index contributed by atoms with van der Waals surface area (Å²) in [5.41, 5.74) is 2.00. The molecule has 8 heteroatoms. The summed E-state index contributed by atoms with van der Waals surface area (Å²) >= 11 is 0. The molecule has 0 unspecified atom stereocenters. The Morgan fingerprint density at radius 2 is 1.80 bits per heavy atom. The number of hydrogen-bond donors (Lipinski definition) is 1. The summed E-state index contributed by atoms with van der Waals surface area (Å²) in [6.45, 7) is 2.49. The predicted molar refractivity (Wildman–Crippen MR) is 126 cm³/mol. The minimum Gasteiger partial charge on any atom is -0.489 e. The SMILES string of the molecule is O=C1NC(=O)C2(N3Cc4cc(O[C@H]5CCC[C@@H]5N5CC(c6ccncc6)C5)ccc4C3=O)CC1C2. The minimum atomic E-state index is -0.880. The highest BCUT2D eigenvalue weighted by Gasteiger charge is 2.63. The van der Waals surface area contributed by atoms with Crippen LogP contribution >= 0.6 is 0 Å². The lowest BCUT2D eigenvalue weighted by Gasteiger charge is -2.53. The number of rotatable bonds is 5. The topological polar surface area (TPSA) is 91.8 Å². The Morgan fingerprint density at radius 3 is 2.57 bits per heavy atom. The van der Waals surface area contributed by atoms with E-state index in [-0.39, 0.29) is 29.7 Å². The first-order valence-corrected chi connectivity index (χ1v) is 12.6. The fourth-order valence-electron chi connectivity index (χ4n) is 6.78. The molecule has 35 heavy (non-hydrogen) atoms. The van der Waals surface area contributed by atoms with E-state index in [1.807, 2.05) is 30.6 Å². The van der Waals surface area contributed by atoms with Gasteiger partial charge in [0.15, 0.2) is 0 Å². The van der Waals surface area contributed by atoms with Crippen LogP contribution in [0.15, 0.2) is 42.7 Å². The first-order chi connectivity index (χ1) is 17.0. The fraction of sp³-hybridized carbons (Fsp3) is 0.481. The van der Waals surface area contributed by atoms with Crippen LogP contribution in [0.25, 0.3) is 0 Å². The summed E-state index contributed by atoms with van der Waals surface area (Å²) in [6.07, 6.45) is 8.05.